The number of nitrogens with one attached hydrogen (secondary N) is 1. The predicted molar refractivity (Wildman–Crippen MR) is 89.1 cm³/mol. The summed E-state index contributed by atoms with van der Waals surface area (Å²) in [5, 5.41) is 3.51. The van der Waals surface area contributed by atoms with Gasteiger partial charge in [0.25, 0.3) is 0 Å². The summed E-state index contributed by atoms with van der Waals surface area (Å²) in [7, 11) is 0. The Bertz CT molecular complexity index is 321. The highest BCUT2D eigenvalue weighted by atomic mass is 32.2. The van der Waals surface area contributed by atoms with Gasteiger partial charge in [-0.1, -0.05) is 43.7 Å². The summed E-state index contributed by atoms with van der Waals surface area (Å²) in [6, 6.07) is 9.03. The minimum atomic E-state index is 0.778. The molecule has 0 saturated heterocycles. The molecular weight excluding hydrogens is 250 g/mol. The molecule has 2 heteroatoms. The van der Waals surface area contributed by atoms with E-state index >= 15 is 0 Å². The first-order valence-electron chi connectivity index (χ1n) is 7.60. The highest BCUT2D eigenvalue weighted by Crippen LogP contribution is 2.16. The minimum Gasteiger partial charge on any atom is -0.317 e. The van der Waals surface area contributed by atoms with Gasteiger partial charge >= 0.3 is 0 Å². The fourth-order valence-corrected chi connectivity index (χ4v) is 2.96. The third-order valence-electron chi connectivity index (χ3n) is 3.43. The first-order chi connectivity index (χ1) is 9.26. The molecule has 0 aromatic heterocycles. The number of rotatable bonds is 10. The largest absolute Gasteiger partial charge is 0.317 e. The molecule has 0 aliphatic carbocycles. The van der Waals surface area contributed by atoms with Crippen molar-refractivity contribution in [3.63, 3.8) is 0 Å². The van der Waals surface area contributed by atoms with Crippen LogP contribution in [-0.4, -0.2) is 24.6 Å². The van der Waals surface area contributed by atoms with Crippen molar-refractivity contribution in [2.75, 3.05) is 24.6 Å². The summed E-state index contributed by atoms with van der Waals surface area (Å²) >= 11 is 2.06. The molecule has 1 aromatic rings. The number of aryl methyl sites for hydroxylation is 1. The van der Waals surface area contributed by atoms with Crippen LogP contribution in [0, 0.1) is 12.8 Å². The monoisotopic (exact) mass is 279 g/mol. The maximum Gasteiger partial charge on any atom is -0.00174 e. The van der Waals surface area contributed by atoms with Crippen LogP contribution >= 0.6 is 11.8 Å². The number of benzene rings is 1. The molecule has 0 spiro atoms. The Morgan fingerprint density at radius 3 is 2.53 bits per heavy atom. The molecule has 0 saturated carbocycles. The second kappa shape index (κ2) is 10.3. The summed E-state index contributed by atoms with van der Waals surface area (Å²) in [6.45, 7) is 8.82. The lowest BCUT2D eigenvalue weighted by atomic mass is 9.94. The van der Waals surface area contributed by atoms with Crippen molar-refractivity contribution >= 4 is 11.8 Å². The molecule has 1 N–H and O–H groups in total. The van der Waals surface area contributed by atoms with E-state index < -0.39 is 0 Å². The maximum atomic E-state index is 3.51. The number of thioether (sulfide) groups is 1. The van der Waals surface area contributed by atoms with Gasteiger partial charge in [-0.15, -0.1) is 0 Å². The molecule has 1 unspecified atom stereocenters. The van der Waals surface area contributed by atoms with E-state index in [1.54, 1.807) is 0 Å². The standard InChI is InChI=1S/C17H29NS/c1-4-18-14-17(7-6-12-19-5-2)13-16-10-8-15(3)9-11-16/h8-11,17-18H,4-7,12-14H2,1-3H3. The summed E-state index contributed by atoms with van der Waals surface area (Å²) in [4.78, 5) is 0. The molecule has 1 rings (SSSR count). The Morgan fingerprint density at radius 2 is 1.89 bits per heavy atom. The number of hydrogen-bond acceptors (Lipinski definition) is 2. The zero-order chi connectivity index (χ0) is 13.9. The average Bonchev–Trinajstić information content (AvgIpc) is 2.43. The van der Waals surface area contributed by atoms with Crippen molar-refractivity contribution < 1.29 is 0 Å². The molecule has 1 nitrogen and oxygen atoms in total. The summed E-state index contributed by atoms with van der Waals surface area (Å²) < 4.78 is 0. The van der Waals surface area contributed by atoms with Crippen LogP contribution in [0.4, 0.5) is 0 Å². The molecule has 0 radical (unpaired) electrons. The quantitative estimate of drug-likeness (QED) is 0.641. The van der Waals surface area contributed by atoms with Crippen LogP contribution in [0.15, 0.2) is 24.3 Å². The van der Waals surface area contributed by atoms with E-state index in [1.165, 1.54) is 41.9 Å². The minimum absolute atomic E-state index is 0.778. The Balaban J connectivity index is 2.41. The lowest BCUT2D eigenvalue weighted by molar-refractivity contribution is 0.446. The van der Waals surface area contributed by atoms with Crippen LogP contribution in [0.25, 0.3) is 0 Å². The second-order valence-corrected chi connectivity index (χ2v) is 6.60. The Kier molecular flexibility index (Phi) is 9.02. The van der Waals surface area contributed by atoms with Gasteiger partial charge in [0.1, 0.15) is 0 Å². The molecule has 0 aliphatic rings. The van der Waals surface area contributed by atoms with Gasteiger partial charge in [0.2, 0.25) is 0 Å². The topological polar surface area (TPSA) is 12.0 Å². The Labute approximate surface area is 123 Å². The summed E-state index contributed by atoms with van der Waals surface area (Å²) in [5.74, 6) is 3.34. The molecule has 0 amide bonds. The Hall–Kier alpha value is -0.470. The normalized spacial score (nSPS) is 12.6. The molecule has 0 heterocycles. The van der Waals surface area contributed by atoms with Gasteiger partial charge in [0, 0.05) is 0 Å². The zero-order valence-electron chi connectivity index (χ0n) is 12.7. The van der Waals surface area contributed by atoms with Crippen LogP contribution in [0.1, 0.15) is 37.8 Å². The van der Waals surface area contributed by atoms with Crippen LogP contribution in [-0.2, 0) is 6.42 Å². The van der Waals surface area contributed by atoms with E-state index in [1.807, 2.05) is 0 Å². The predicted octanol–water partition coefficient (Wildman–Crippen LogP) is 4.30. The smallest absolute Gasteiger partial charge is 0.00174 e. The molecular formula is C17H29NS. The second-order valence-electron chi connectivity index (χ2n) is 5.20. The van der Waals surface area contributed by atoms with Crippen molar-refractivity contribution in [2.24, 2.45) is 5.92 Å². The van der Waals surface area contributed by atoms with Gasteiger partial charge < -0.3 is 5.32 Å². The maximum absolute atomic E-state index is 3.51. The van der Waals surface area contributed by atoms with Gasteiger partial charge in [0.05, 0.1) is 0 Å². The lowest BCUT2D eigenvalue weighted by Gasteiger charge is -2.17. The summed E-state index contributed by atoms with van der Waals surface area (Å²) in [6.07, 6.45) is 3.90. The van der Waals surface area contributed by atoms with Crippen molar-refractivity contribution in [3.8, 4) is 0 Å². The van der Waals surface area contributed by atoms with Crippen molar-refractivity contribution in [1.29, 1.82) is 0 Å². The van der Waals surface area contributed by atoms with Crippen LogP contribution in [0.3, 0.4) is 0 Å². The first kappa shape index (κ1) is 16.6. The van der Waals surface area contributed by atoms with Gasteiger partial charge in [-0.2, -0.15) is 11.8 Å². The number of hydrogen-bond donors (Lipinski definition) is 1. The lowest BCUT2D eigenvalue weighted by Crippen LogP contribution is -2.24. The van der Waals surface area contributed by atoms with Gasteiger partial charge in [0.15, 0.2) is 0 Å². The molecule has 0 fully saturated rings. The summed E-state index contributed by atoms with van der Waals surface area (Å²) in [5.41, 5.74) is 2.84. The van der Waals surface area contributed by atoms with Gasteiger partial charge in [-0.05, 0) is 62.3 Å². The van der Waals surface area contributed by atoms with E-state index in [2.05, 4.69) is 62.1 Å². The Morgan fingerprint density at radius 1 is 1.16 bits per heavy atom. The fourth-order valence-electron chi connectivity index (χ4n) is 2.30. The molecule has 0 aliphatic heterocycles. The van der Waals surface area contributed by atoms with E-state index in [9.17, 15) is 0 Å². The first-order valence-corrected chi connectivity index (χ1v) is 8.75. The SMILES string of the molecule is CCNCC(CCCSCC)Cc1ccc(C)cc1. The van der Waals surface area contributed by atoms with Gasteiger partial charge in [-0.3, -0.25) is 0 Å². The average molecular weight is 279 g/mol. The fraction of sp³-hybridized carbons (Fsp3) is 0.647. The van der Waals surface area contributed by atoms with Crippen LogP contribution < -0.4 is 5.32 Å². The van der Waals surface area contributed by atoms with E-state index in [-0.39, 0.29) is 0 Å². The molecule has 108 valence electrons. The molecule has 1 atom stereocenters. The highest BCUT2D eigenvalue weighted by molar-refractivity contribution is 7.99. The van der Waals surface area contributed by atoms with E-state index in [4.69, 9.17) is 0 Å². The van der Waals surface area contributed by atoms with Crippen molar-refractivity contribution in [2.45, 2.75) is 40.0 Å². The highest BCUT2D eigenvalue weighted by Gasteiger charge is 2.09. The van der Waals surface area contributed by atoms with Crippen LogP contribution in [0.5, 0.6) is 0 Å². The molecule has 1 aromatic carbocycles. The van der Waals surface area contributed by atoms with Crippen molar-refractivity contribution in [1.82, 2.24) is 5.32 Å². The van der Waals surface area contributed by atoms with Crippen molar-refractivity contribution in [3.05, 3.63) is 35.4 Å². The zero-order valence-corrected chi connectivity index (χ0v) is 13.6. The third kappa shape index (κ3) is 7.64. The molecule has 19 heavy (non-hydrogen) atoms. The molecule has 0 bridgehead atoms. The van der Waals surface area contributed by atoms with Crippen LogP contribution in [0.2, 0.25) is 0 Å². The van der Waals surface area contributed by atoms with E-state index in [0.717, 1.165) is 19.0 Å². The van der Waals surface area contributed by atoms with Gasteiger partial charge in [-0.25, -0.2) is 0 Å². The third-order valence-corrected chi connectivity index (χ3v) is 4.42. The van der Waals surface area contributed by atoms with E-state index in [0.29, 0.717) is 0 Å².